The minimum Gasteiger partial charge on any atom is -0.369 e. The summed E-state index contributed by atoms with van der Waals surface area (Å²) in [5.74, 6) is 1.30. The monoisotopic (exact) mass is 355 g/mol. The number of ether oxygens (including phenoxy) is 1. The second-order valence-electron chi connectivity index (χ2n) is 6.95. The number of methoxy groups -OCH3 is 1. The molecule has 1 N–H and O–H groups in total. The van der Waals surface area contributed by atoms with Gasteiger partial charge in [0, 0.05) is 31.7 Å². The van der Waals surface area contributed by atoms with E-state index in [0.717, 1.165) is 24.2 Å². The molecule has 0 saturated carbocycles. The molecule has 1 saturated heterocycles. The number of pyridine rings is 1. The van der Waals surface area contributed by atoms with Crippen LogP contribution in [0.15, 0.2) is 30.6 Å². The number of carbonyl (C=O) groups is 1. The molecule has 3 heterocycles. The van der Waals surface area contributed by atoms with Crippen LogP contribution in [-0.2, 0) is 9.53 Å². The number of aryl methyl sites for hydroxylation is 1. The Morgan fingerprint density at radius 2 is 2.08 bits per heavy atom. The Bertz CT molecular complexity index is 793. The van der Waals surface area contributed by atoms with Gasteiger partial charge in [-0.15, -0.1) is 0 Å². The van der Waals surface area contributed by atoms with E-state index < -0.39 is 5.60 Å². The third kappa shape index (κ3) is 3.67. The highest BCUT2D eigenvalue weighted by Gasteiger charge is 2.40. The Hall–Kier alpha value is -2.54. The molecule has 3 rings (SSSR count). The van der Waals surface area contributed by atoms with Gasteiger partial charge in [-0.05, 0) is 45.7 Å². The lowest BCUT2D eigenvalue weighted by atomic mass is 10.1. The molecule has 1 aliphatic rings. The minimum absolute atomic E-state index is 0.0345. The summed E-state index contributed by atoms with van der Waals surface area (Å²) in [6, 6.07) is 5.63. The molecule has 1 aliphatic heterocycles. The molecule has 0 aromatic carbocycles. The molecule has 0 radical (unpaired) electrons. The van der Waals surface area contributed by atoms with Crippen LogP contribution in [0.4, 0.5) is 11.6 Å². The van der Waals surface area contributed by atoms with E-state index in [-0.39, 0.29) is 11.9 Å². The number of likely N-dealkylation sites (tertiary alicyclic amines) is 1. The topological polar surface area (TPSA) is 80.2 Å². The fourth-order valence-corrected chi connectivity index (χ4v) is 3.15. The van der Waals surface area contributed by atoms with Gasteiger partial charge in [-0.2, -0.15) is 0 Å². The Labute approximate surface area is 153 Å². The van der Waals surface area contributed by atoms with E-state index in [9.17, 15) is 4.79 Å². The summed E-state index contributed by atoms with van der Waals surface area (Å²) in [6.07, 6.45) is 5.07. The number of amides is 1. The largest absolute Gasteiger partial charge is 0.369 e. The number of nitrogens with one attached hydrogen (secondary N) is 1. The van der Waals surface area contributed by atoms with Crippen molar-refractivity contribution in [1.82, 2.24) is 19.9 Å². The fourth-order valence-electron chi connectivity index (χ4n) is 3.15. The van der Waals surface area contributed by atoms with E-state index in [4.69, 9.17) is 4.74 Å². The second-order valence-corrected chi connectivity index (χ2v) is 6.95. The summed E-state index contributed by atoms with van der Waals surface area (Å²) in [4.78, 5) is 28.2. The molecule has 0 bridgehead atoms. The molecule has 2 aromatic heterocycles. The van der Waals surface area contributed by atoms with Crippen molar-refractivity contribution < 1.29 is 9.53 Å². The Kier molecular flexibility index (Phi) is 5.18. The summed E-state index contributed by atoms with van der Waals surface area (Å²) in [7, 11) is 1.56. The van der Waals surface area contributed by atoms with Crippen molar-refractivity contribution in [1.29, 1.82) is 0 Å². The number of aromatic nitrogens is 3. The molecule has 1 atom stereocenters. The molecule has 0 aliphatic carbocycles. The molecular formula is C19H25N5O2. The highest BCUT2D eigenvalue weighted by Crippen LogP contribution is 2.36. The highest BCUT2D eigenvalue weighted by atomic mass is 16.5. The van der Waals surface area contributed by atoms with Crippen LogP contribution in [-0.4, -0.2) is 45.0 Å². The van der Waals surface area contributed by atoms with Gasteiger partial charge < -0.3 is 15.0 Å². The third-order valence-corrected chi connectivity index (χ3v) is 4.72. The predicted octanol–water partition coefficient (Wildman–Crippen LogP) is 3.01. The predicted molar refractivity (Wildman–Crippen MR) is 99.1 cm³/mol. The summed E-state index contributed by atoms with van der Waals surface area (Å²) in [5.41, 5.74) is 0.810. The Morgan fingerprint density at radius 1 is 1.31 bits per heavy atom. The van der Waals surface area contributed by atoms with Gasteiger partial charge in [-0.1, -0.05) is 6.07 Å². The Balaban J connectivity index is 1.90. The molecule has 0 unspecified atom stereocenters. The van der Waals surface area contributed by atoms with Gasteiger partial charge in [0.25, 0.3) is 5.91 Å². The number of hydrogen-bond donors (Lipinski definition) is 1. The number of carbonyl (C=O) groups excluding carboxylic acids is 1. The standard InChI is InChI=1S/C19H25N5O2/c1-13-7-5-9-15(22-13)23-17-16(20-10-11-21-17)14-8-6-12-24(14)18(25)19(2,3)26-4/h5,7,9-11,14H,6,8,12H2,1-4H3,(H,21,22,23)/t14-/m1/s1. The SMILES string of the molecule is COC(C)(C)C(=O)N1CCC[C@@H]1c1nccnc1Nc1cccc(C)n1. The first-order chi connectivity index (χ1) is 12.4. The average molecular weight is 355 g/mol. The maximum absolute atomic E-state index is 12.9. The van der Waals surface area contributed by atoms with Crippen LogP contribution in [0.3, 0.4) is 0 Å². The molecule has 0 spiro atoms. The zero-order valence-electron chi connectivity index (χ0n) is 15.7. The van der Waals surface area contributed by atoms with Gasteiger partial charge in [0.1, 0.15) is 17.1 Å². The molecule has 7 heteroatoms. The first-order valence-electron chi connectivity index (χ1n) is 8.80. The van der Waals surface area contributed by atoms with Crippen LogP contribution < -0.4 is 5.32 Å². The third-order valence-electron chi connectivity index (χ3n) is 4.72. The number of nitrogens with zero attached hydrogens (tertiary/aromatic N) is 4. The Morgan fingerprint density at radius 3 is 2.81 bits per heavy atom. The van der Waals surface area contributed by atoms with E-state index in [1.807, 2.05) is 30.0 Å². The molecule has 7 nitrogen and oxygen atoms in total. The van der Waals surface area contributed by atoms with Crippen molar-refractivity contribution in [2.24, 2.45) is 0 Å². The maximum atomic E-state index is 12.9. The highest BCUT2D eigenvalue weighted by molar-refractivity contribution is 5.85. The van der Waals surface area contributed by atoms with Gasteiger partial charge in [0.15, 0.2) is 5.82 Å². The minimum atomic E-state index is -0.865. The lowest BCUT2D eigenvalue weighted by Gasteiger charge is -2.32. The van der Waals surface area contributed by atoms with Crippen molar-refractivity contribution in [2.75, 3.05) is 19.0 Å². The molecule has 138 valence electrons. The van der Waals surface area contributed by atoms with E-state index >= 15 is 0 Å². The van der Waals surface area contributed by atoms with Crippen molar-refractivity contribution in [3.05, 3.63) is 42.0 Å². The van der Waals surface area contributed by atoms with Crippen LogP contribution in [0.2, 0.25) is 0 Å². The summed E-state index contributed by atoms with van der Waals surface area (Å²) >= 11 is 0. The van der Waals surface area contributed by atoms with E-state index in [1.165, 1.54) is 0 Å². The van der Waals surface area contributed by atoms with Gasteiger partial charge in [-0.25, -0.2) is 9.97 Å². The zero-order valence-corrected chi connectivity index (χ0v) is 15.7. The van der Waals surface area contributed by atoms with E-state index in [1.54, 1.807) is 33.4 Å². The lowest BCUT2D eigenvalue weighted by Crippen LogP contribution is -2.46. The van der Waals surface area contributed by atoms with Crippen LogP contribution in [0.25, 0.3) is 0 Å². The van der Waals surface area contributed by atoms with Crippen molar-refractivity contribution in [3.8, 4) is 0 Å². The quantitative estimate of drug-likeness (QED) is 0.888. The second kappa shape index (κ2) is 7.37. The fraction of sp³-hybridized carbons (Fsp3) is 0.474. The summed E-state index contributed by atoms with van der Waals surface area (Å²) < 4.78 is 5.38. The van der Waals surface area contributed by atoms with Crippen molar-refractivity contribution in [3.63, 3.8) is 0 Å². The zero-order chi connectivity index (χ0) is 18.7. The number of rotatable bonds is 5. The summed E-state index contributed by atoms with van der Waals surface area (Å²) in [6.45, 7) is 6.20. The number of anilines is 2. The smallest absolute Gasteiger partial charge is 0.254 e. The average Bonchev–Trinajstić information content (AvgIpc) is 3.11. The van der Waals surface area contributed by atoms with Crippen LogP contribution >= 0.6 is 0 Å². The van der Waals surface area contributed by atoms with Gasteiger partial charge in [-0.3, -0.25) is 9.78 Å². The van der Waals surface area contributed by atoms with Crippen LogP contribution in [0.1, 0.15) is 44.1 Å². The summed E-state index contributed by atoms with van der Waals surface area (Å²) in [5, 5.41) is 3.25. The first kappa shape index (κ1) is 18.3. The van der Waals surface area contributed by atoms with E-state index in [2.05, 4.69) is 20.3 Å². The van der Waals surface area contributed by atoms with Crippen LogP contribution in [0.5, 0.6) is 0 Å². The molecule has 1 fully saturated rings. The van der Waals surface area contributed by atoms with Crippen molar-refractivity contribution in [2.45, 2.75) is 45.3 Å². The van der Waals surface area contributed by atoms with Gasteiger partial charge in [0.05, 0.1) is 6.04 Å². The van der Waals surface area contributed by atoms with Gasteiger partial charge in [0.2, 0.25) is 0 Å². The number of hydrogen-bond acceptors (Lipinski definition) is 6. The molecule has 26 heavy (non-hydrogen) atoms. The first-order valence-corrected chi connectivity index (χ1v) is 8.80. The maximum Gasteiger partial charge on any atom is 0.254 e. The van der Waals surface area contributed by atoms with Crippen LogP contribution in [0, 0.1) is 6.92 Å². The van der Waals surface area contributed by atoms with E-state index in [0.29, 0.717) is 18.2 Å². The normalized spacial score (nSPS) is 17.4. The lowest BCUT2D eigenvalue weighted by molar-refractivity contribution is -0.152. The van der Waals surface area contributed by atoms with Gasteiger partial charge >= 0.3 is 0 Å². The molecular weight excluding hydrogens is 330 g/mol. The molecule has 1 amide bonds. The molecule has 2 aromatic rings. The van der Waals surface area contributed by atoms with Crippen molar-refractivity contribution >= 4 is 17.5 Å².